The number of phenolic OH excluding ortho intramolecular Hbond substituents is 1. The molecule has 5 heteroatoms. The number of aromatic hydroxyl groups is 1. The Balaban J connectivity index is 1.96. The third-order valence-electron chi connectivity index (χ3n) is 2.84. The second kappa shape index (κ2) is 7.04. The van der Waals surface area contributed by atoms with Crippen molar-refractivity contribution in [3.05, 3.63) is 53.6 Å². The van der Waals surface area contributed by atoms with Crippen molar-refractivity contribution in [1.82, 2.24) is 0 Å². The molecule has 0 atom stereocenters. The van der Waals surface area contributed by atoms with Crippen LogP contribution in [0.15, 0.2) is 47.4 Å². The summed E-state index contributed by atoms with van der Waals surface area (Å²) in [6, 6.07) is 12.8. The monoisotopic (exact) mass is 304 g/mol. The van der Waals surface area contributed by atoms with Gasteiger partial charge < -0.3 is 14.9 Å². The van der Waals surface area contributed by atoms with Gasteiger partial charge in [-0.1, -0.05) is 12.1 Å². The highest BCUT2D eigenvalue weighted by Crippen LogP contribution is 2.28. The molecule has 110 valence electrons. The van der Waals surface area contributed by atoms with Crippen LogP contribution in [0.4, 0.5) is 0 Å². The topological polar surface area (TPSA) is 66.8 Å². The van der Waals surface area contributed by atoms with Crippen LogP contribution in [-0.4, -0.2) is 22.8 Å². The van der Waals surface area contributed by atoms with Gasteiger partial charge in [0.2, 0.25) is 0 Å². The normalized spacial score (nSPS) is 10.3. The number of phenols is 1. The van der Waals surface area contributed by atoms with Crippen molar-refractivity contribution in [2.75, 3.05) is 6.61 Å². The summed E-state index contributed by atoms with van der Waals surface area (Å²) in [4.78, 5) is 11.6. The predicted octanol–water partition coefficient (Wildman–Crippen LogP) is 3.46. The van der Waals surface area contributed by atoms with Crippen LogP contribution in [0.3, 0.4) is 0 Å². The lowest BCUT2D eigenvalue weighted by atomic mass is 10.2. The maximum atomic E-state index is 10.5. The highest BCUT2D eigenvalue weighted by atomic mass is 32.2. The Kier molecular flexibility index (Phi) is 5.11. The molecule has 2 aromatic carbocycles. The van der Waals surface area contributed by atoms with Gasteiger partial charge in [0.1, 0.15) is 11.5 Å². The minimum atomic E-state index is -0.986. The van der Waals surface area contributed by atoms with Crippen LogP contribution in [0.25, 0.3) is 0 Å². The van der Waals surface area contributed by atoms with Gasteiger partial charge in [-0.05, 0) is 48.4 Å². The molecule has 21 heavy (non-hydrogen) atoms. The molecule has 0 unspecified atom stereocenters. The number of rotatable bonds is 6. The molecule has 0 amide bonds. The summed E-state index contributed by atoms with van der Waals surface area (Å²) in [7, 11) is 0. The number of hydrogen-bond donors (Lipinski definition) is 2. The number of hydrogen-bond acceptors (Lipinski definition) is 4. The number of carbonyl (C=O) groups is 1. The summed E-state index contributed by atoms with van der Waals surface area (Å²) in [6.45, 7) is 1.56. The van der Waals surface area contributed by atoms with Crippen molar-refractivity contribution < 1.29 is 19.7 Å². The first kappa shape index (κ1) is 15.3. The van der Waals surface area contributed by atoms with Gasteiger partial charge in [0.25, 0.3) is 0 Å². The Hall–Kier alpha value is -2.14. The summed E-state index contributed by atoms with van der Waals surface area (Å²) < 4.78 is 5.19. The van der Waals surface area contributed by atoms with Gasteiger partial charge in [0.15, 0.2) is 6.61 Å². The van der Waals surface area contributed by atoms with Gasteiger partial charge >= 0.3 is 5.97 Å². The first-order valence-corrected chi connectivity index (χ1v) is 7.39. The predicted molar refractivity (Wildman–Crippen MR) is 82.0 cm³/mol. The maximum Gasteiger partial charge on any atom is 0.341 e. The molecule has 0 radical (unpaired) electrons. The molecule has 0 bridgehead atoms. The maximum absolute atomic E-state index is 10.5. The summed E-state index contributed by atoms with van der Waals surface area (Å²) >= 11 is 1.67. The number of carboxylic acid groups (broad SMARTS) is 1. The van der Waals surface area contributed by atoms with Crippen LogP contribution in [0.5, 0.6) is 11.5 Å². The van der Waals surface area contributed by atoms with E-state index in [2.05, 4.69) is 0 Å². The Morgan fingerprint density at radius 3 is 2.52 bits per heavy atom. The molecule has 0 heterocycles. The molecule has 4 nitrogen and oxygen atoms in total. The average molecular weight is 304 g/mol. The van der Waals surface area contributed by atoms with Crippen LogP contribution in [0.1, 0.15) is 11.1 Å². The minimum absolute atomic E-state index is 0.263. The zero-order valence-corrected chi connectivity index (χ0v) is 12.4. The molecule has 0 saturated heterocycles. The number of aliphatic carboxylic acids is 1. The molecule has 2 aromatic rings. The van der Waals surface area contributed by atoms with E-state index in [4.69, 9.17) is 9.84 Å². The summed E-state index contributed by atoms with van der Waals surface area (Å²) in [6.07, 6.45) is 0. The van der Waals surface area contributed by atoms with Crippen LogP contribution >= 0.6 is 11.8 Å². The lowest BCUT2D eigenvalue weighted by Gasteiger charge is -2.09. The third kappa shape index (κ3) is 4.72. The van der Waals surface area contributed by atoms with Gasteiger partial charge in [-0.25, -0.2) is 4.79 Å². The first-order chi connectivity index (χ1) is 10.0. The van der Waals surface area contributed by atoms with E-state index in [0.717, 1.165) is 21.8 Å². The fraction of sp³-hybridized carbons (Fsp3) is 0.188. The SMILES string of the molecule is Cc1cc(SCc2ccc(O)cc2)ccc1OCC(=O)O. The van der Waals surface area contributed by atoms with Crippen molar-refractivity contribution in [3.63, 3.8) is 0 Å². The highest BCUT2D eigenvalue weighted by Gasteiger charge is 2.05. The third-order valence-corrected chi connectivity index (χ3v) is 3.90. The van der Waals surface area contributed by atoms with E-state index in [1.165, 1.54) is 0 Å². The van der Waals surface area contributed by atoms with Gasteiger partial charge in [-0.15, -0.1) is 11.8 Å². The molecule has 0 aliphatic rings. The zero-order valence-electron chi connectivity index (χ0n) is 11.6. The lowest BCUT2D eigenvalue weighted by Crippen LogP contribution is -2.09. The van der Waals surface area contributed by atoms with Gasteiger partial charge in [0, 0.05) is 10.6 Å². The molecular formula is C16H16O4S. The zero-order chi connectivity index (χ0) is 15.2. The Morgan fingerprint density at radius 2 is 1.90 bits per heavy atom. The van der Waals surface area contributed by atoms with Gasteiger partial charge in [-0.3, -0.25) is 0 Å². The van der Waals surface area contributed by atoms with Crippen molar-refractivity contribution in [3.8, 4) is 11.5 Å². The van der Waals surface area contributed by atoms with E-state index in [-0.39, 0.29) is 12.4 Å². The van der Waals surface area contributed by atoms with E-state index < -0.39 is 5.97 Å². The van der Waals surface area contributed by atoms with E-state index >= 15 is 0 Å². The van der Waals surface area contributed by atoms with Gasteiger partial charge in [0.05, 0.1) is 0 Å². The number of thioether (sulfide) groups is 1. The molecule has 2 N–H and O–H groups in total. The molecular weight excluding hydrogens is 288 g/mol. The van der Waals surface area contributed by atoms with Crippen LogP contribution in [0, 0.1) is 6.92 Å². The number of carboxylic acids is 1. The van der Waals surface area contributed by atoms with E-state index in [1.54, 1.807) is 30.0 Å². The number of benzene rings is 2. The Morgan fingerprint density at radius 1 is 1.19 bits per heavy atom. The molecule has 0 saturated carbocycles. The van der Waals surface area contributed by atoms with Crippen molar-refractivity contribution in [2.24, 2.45) is 0 Å². The Labute approximate surface area is 127 Å². The van der Waals surface area contributed by atoms with Crippen LogP contribution in [-0.2, 0) is 10.5 Å². The quantitative estimate of drug-likeness (QED) is 0.800. The lowest BCUT2D eigenvalue weighted by molar-refractivity contribution is -0.139. The highest BCUT2D eigenvalue weighted by molar-refractivity contribution is 7.98. The van der Waals surface area contributed by atoms with Crippen molar-refractivity contribution in [2.45, 2.75) is 17.6 Å². The summed E-state index contributed by atoms with van der Waals surface area (Å²) in [5.74, 6) is 0.667. The van der Waals surface area contributed by atoms with E-state index in [1.807, 2.05) is 31.2 Å². The standard InChI is InChI=1S/C16H16O4S/c1-11-8-14(6-7-15(11)20-9-16(18)19)21-10-12-2-4-13(17)5-3-12/h2-8,17H,9-10H2,1H3,(H,18,19). The summed E-state index contributed by atoms with van der Waals surface area (Å²) in [5.41, 5.74) is 2.04. The molecule has 2 rings (SSSR count). The molecule has 0 aliphatic heterocycles. The minimum Gasteiger partial charge on any atom is -0.508 e. The number of ether oxygens (including phenoxy) is 1. The fourth-order valence-corrected chi connectivity index (χ4v) is 2.72. The Bertz CT molecular complexity index is 623. The molecule has 0 aromatic heterocycles. The molecule has 0 spiro atoms. The van der Waals surface area contributed by atoms with E-state index in [9.17, 15) is 9.90 Å². The smallest absolute Gasteiger partial charge is 0.341 e. The van der Waals surface area contributed by atoms with Crippen molar-refractivity contribution in [1.29, 1.82) is 0 Å². The molecule has 0 fully saturated rings. The second-order valence-electron chi connectivity index (χ2n) is 4.56. The fourth-order valence-electron chi connectivity index (χ4n) is 1.77. The largest absolute Gasteiger partial charge is 0.508 e. The average Bonchev–Trinajstić information content (AvgIpc) is 2.45. The summed E-state index contributed by atoms with van der Waals surface area (Å²) in [5, 5.41) is 17.8. The van der Waals surface area contributed by atoms with Crippen molar-refractivity contribution >= 4 is 17.7 Å². The first-order valence-electron chi connectivity index (χ1n) is 6.40. The number of aryl methyl sites for hydroxylation is 1. The van der Waals surface area contributed by atoms with E-state index in [0.29, 0.717) is 5.75 Å². The van der Waals surface area contributed by atoms with Gasteiger partial charge in [-0.2, -0.15) is 0 Å². The second-order valence-corrected chi connectivity index (χ2v) is 5.61. The van der Waals surface area contributed by atoms with Crippen LogP contribution in [0.2, 0.25) is 0 Å². The molecule has 0 aliphatic carbocycles. The van der Waals surface area contributed by atoms with Crippen LogP contribution < -0.4 is 4.74 Å².